The van der Waals surface area contributed by atoms with E-state index in [2.05, 4.69) is 5.32 Å². The molecule has 9 heteroatoms. The lowest BCUT2D eigenvalue weighted by atomic mass is 10.1. The maximum atomic E-state index is 12.9. The number of nitrogens with zero attached hydrogens (tertiary/aromatic N) is 2. The van der Waals surface area contributed by atoms with Crippen molar-refractivity contribution in [3.8, 4) is 0 Å². The minimum atomic E-state index is -4.58. The molecule has 2 amide bonds. The Morgan fingerprint density at radius 1 is 1.11 bits per heavy atom. The van der Waals surface area contributed by atoms with Crippen LogP contribution in [0.1, 0.15) is 31.2 Å². The Morgan fingerprint density at radius 2 is 1.75 bits per heavy atom. The van der Waals surface area contributed by atoms with Gasteiger partial charge in [0.2, 0.25) is 11.8 Å². The second kappa shape index (κ2) is 8.69. The predicted octanol–water partition coefficient (Wildman–Crippen LogP) is 3.63. The Labute approximate surface area is 166 Å². The largest absolute Gasteiger partial charge is 0.417 e. The number of benzene rings is 1. The number of rotatable bonds is 4. The van der Waals surface area contributed by atoms with Gasteiger partial charge < -0.3 is 10.2 Å². The van der Waals surface area contributed by atoms with Crippen molar-refractivity contribution in [2.45, 2.75) is 31.9 Å². The van der Waals surface area contributed by atoms with Crippen LogP contribution in [-0.4, -0.2) is 54.3 Å². The van der Waals surface area contributed by atoms with Crippen molar-refractivity contribution in [2.75, 3.05) is 38.0 Å². The zero-order chi connectivity index (χ0) is 20.3. The summed E-state index contributed by atoms with van der Waals surface area (Å²) in [5.41, 5.74) is -0.928. The fraction of sp³-hybridized carbons (Fsp3) is 0.579. The molecule has 3 rings (SSSR count). The van der Waals surface area contributed by atoms with Gasteiger partial charge in [0.1, 0.15) is 0 Å². The van der Waals surface area contributed by atoms with Gasteiger partial charge in [-0.3, -0.25) is 14.5 Å². The van der Waals surface area contributed by atoms with Gasteiger partial charge in [0.05, 0.1) is 17.1 Å². The van der Waals surface area contributed by atoms with E-state index in [1.54, 1.807) is 0 Å². The number of alkyl halides is 3. The summed E-state index contributed by atoms with van der Waals surface area (Å²) in [6.45, 7) is 2.35. The first kappa shape index (κ1) is 20.9. The van der Waals surface area contributed by atoms with Crippen molar-refractivity contribution in [3.05, 3.63) is 28.8 Å². The normalized spacial score (nSPS) is 19.1. The lowest BCUT2D eigenvalue weighted by Crippen LogP contribution is -2.51. The third-order valence-electron chi connectivity index (χ3n) is 5.31. The Bertz CT molecular complexity index is 728. The van der Waals surface area contributed by atoms with Crippen LogP contribution in [0.4, 0.5) is 18.9 Å². The van der Waals surface area contributed by atoms with Crippen LogP contribution in [0.3, 0.4) is 0 Å². The summed E-state index contributed by atoms with van der Waals surface area (Å²) in [4.78, 5) is 28.4. The zero-order valence-corrected chi connectivity index (χ0v) is 16.2. The maximum absolute atomic E-state index is 12.9. The van der Waals surface area contributed by atoms with Gasteiger partial charge in [-0.05, 0) is 31.0 Å². The molecule has 0 atom stereocenters. The summed E-state index contributed by atoms with van der Waals surface area (Å²) in [6, 6.07) is 3.29. The van der Waals surface area contributed by atoms with Gasteiger partial charge in [-0.1, -0.05) is 24.4 Å². The molecule has 1 N–H and O–H groups in total. The molecule has 0 radical (unpaired) electrons. The average molecular weight is 418 g/mol. The van der Waals surface area contributed by atoms with E-state index in [0.29, 0.717) is 26.2 Å². The number of hydrogen-bond donors (Lipinski definition) is 1. The Morgan fingerprint density at radius 3 is 2.36 bits per heavy atom. The molecule has 0 spiro atoms. The average Bonchev–Trinajstić information content (AvgIpc) is 3.17. The number of carbonyl (C=O) groups is 2. The molecule has 5 nitrogen and oxygen atoms in total. The minimum absolute atomic E-state index is 0.0526. The van der Waals surface area contributed by atoms with Gasteiger partial charge in [0.25, 0.3) is 0 Å². The van der Waals surface area contributed by atoms with Crippen LogP contribution in [0.5, 0.6) is 0 Å². The van der Waals surface area contributed by atoms with Crippen LogP contribution in [0.15, 0.2) is 18.2 Å². The van der Waals surface area contributed by atoms with Gasteiger partial charge in [0.15, 0.2) is 0 Å². The summed E-state index contributed by atoms with van der Waals surface area (Å²) in [7, 11) is 0. The molecule has 0 bridgehead atoms. The van der Waals surface area contributed by atoms with E-state index in [1.807, 2.05) is 9.80 Å². The van der Waals surface area contributed by atoms with Gasteiger partial charge in [-0.25, -0.2) is 0 Å². The second-order valence-electron chi connectivity index (χ2n) is 7.32. The van der Waals surface area contributed by atoms with Crippen molar-refractivity contribution >= 4 is 29.1 Å². The highest BCUT2D eigenvalue weighted by Gasteiger charge is 2.33. The predicted molar refractivity (Wildman–Crippen MR) is 100 cm³/mol. The molecular weight excluding hydrogens is 395 g/mol. The number of piperazine rings is 1. The third-order valence-corrected chi connectivity index (χ3v) is 5.64. The van der Waals surface area contributed by atoms with Gasteiger partial charge in [-0.15, -0.1) is 0 Å². The van der Waals surface area contributed by atoms with Crippen LogP contribution in [0.25, 0.3) is 0 Å². The molecule has 1 aromatic rings. The first-order valence-corrected chi connectivity index (χ1v) is 9.79. The van der Waals surface area contributed by atoms with Crippen LogP contribution < -0.4 is 5.32 Å². The first-order valence-electron chi connectivity index (χ1n) is 9.42. The van der Waals surface area contributed by atoms with Crippen molar-refractivity contribution < 1.29 is 22.8 Å². The van der Waals surface area contributed by atoms with E-state index < -0.39 is 22.7 Å². The number of carbonyl (C=O) groups excluding carboxylic acids is 2. The van der Waals surface area contributed by atoms with Crippen LogP contribution >= 0.6 is 11.6 Å². The number of anilines is 1. The molecular formula is C19H23ClF3N3O2. The number of amides is 2. The fourth-order valence-electron chi connectivity index (χ4n) is 3.78. The Hall–Kier alpha value is -1.80. The molecule has 1 saturated heterocycles. The lowest BCUT2D eigenvalue weighted by molar-refractivity contribution is -0.138. The lowest BCUT2D eigenvalue weighted by Gasteiger charge is -2.35. The SMILES string of the molecule is O=C(CN1CCN(C(=O)C2CCCC2)CC1)Nc1ccc(Cl)c(C(F)(F)F)c1. The van der Waals surface area contributed by atoms with E-state index >= 15 is 0 Å². The molecule has 1 heterocycles. The minimum Gasteiger partial charge on any atom is -0.340 e. The van der Waals surface area contributed by atoms with Crippen molar-refractivity contribution in [1.82, 2.24) is 9.80 Å². The summed E-state index contributed by atoms with van der Waals surface area (Å²) < 4.78 is 38.7. The molecule has 1 aromatic carbocycles. The Kier molecular flexibility index (Phi) is 6.50. The van der Waals surface area contributed by atoms with Gasteiger partial charge >= 0.3 is 6.18 Å². The summed E-state index contributed by atoms with van der Waals surface area (Å²) in [6.07, 6.45) is -0.445. The van der Waals surface area contributed by atoms with E-state index in [1.165, 1.54) is 6.07 Å². The first-order chi connectivity index (χ1) is 13.2. The van der Waals surface area contributed by atoms with E-state index in [4.69, 9.17) is 11.6 Å². The third kappa shape index (κ3) is 5.17. The summed E-state index contributed by atoms with van der Waals surface area (Å²) >= 11 is 5.59. The van der Waals surface area contributed by atoms with E-state index in [9.17, 15) is 22.8 Å². The van der Waals surface area contributed by atoms with Crippen LogP contribution in [0.2, 0.25) is 5.02 Å². The van der Waals surface area contributed by atoms with Crippen molar-refractivity contribution in [2.24, 2.45) is 5.92 Å². The smallest absolute Gasteiger partial charge is 0.340 e. The highest BCUT2D eigenvalue weighted by atomic mass is 35.5. The molecule has 1 aliphatic heterocycles. The fourth-order valence-corrected chi connectivity index (χ4v) is 4.01. The van der Waals surface area contributed by atoms with Crippen LogP contribution in [-0.2, 0) is 15.8 Å². The molecule has 0 aromatic heterocycles. The number of hydrogen-bond acceptors (Lipinski definition) is 3. The summed E-state index contributed by atoms with van der Waals surface area (Å²) in [5.74, 6) is -0.0453. The van der Waals surface area contributed by atoms with E-state index in [-0.39, 0.29) is 24.1 Å². The van der Waals surface area contributed by atoms with E-state index in [0.717, 1.165) is 37.8 Å². The molecule has 1 saturated carbocycles. The molecule has 2 fully saturated rings. The Balaban J connectivity index is 1.49. The quantitative estimate of drug-likeness (QED) is 0.814. The number of nitrogens with one attached hydrogen (secondary N) is 1. The topological polar surface area (TPSA) is 52.7 Å². The highest BCUT2D eigenvalue weighted by molar-refractivity contribution is 6.31. The zero-order valence-electron chi connectivity index (χ0n) is 15.4. The molecule has 154 valence electrons. The number of halogens is 4. The molecule has 28 heavy (non-hydrogen) atoms. The second-order valence-corrected chi connectivity index (χ2v) is 7.73. The van der Waals surface area contributed by atoms with Crippen LogP contribution in [0, 0.1) is 5.92 Å². The highest BCUT2D eigenvalue weighted by Crippen LogP contribution is 2.36. The molecule has 1 aliphatic carbocycles. The standard InChI is InChI=1S/C19H23ClF3N3O2/c20-16-6-5-14(11-15(16)19(21,22)23)24-17(27)12-25-7-9-26(10-8-25)18(28)13-3-1-2-4-13/h5-6,11,13H,1-4,7-10,12H2,(H,24,27). The summed E-state index contributed by atoms with van der Waals surface area (Å²) in [5, 5.41) is 2.08. The maximum Gasteiger partial charge on any atom is 0.417 e. The molecule has 0 unspecified atom stereocenters. The van der Waals surface area contributed by atoms with Crippen molar-refractivity contribution in [1.29, 1.82) is 0 Å². The van der Waals surface area contributed by atoms with Gasteiger partial charge in [0, 0.05) is 37.8 Å². The monoisotopic (exact) mass is 417 g/mol. The van der Waals surface area contributed by atoms with Gasteiger partial charge in [-0.2, -0.15) is 13.2 Å². The van der Waals surface area contributed by atoms with Crippen molar-refractivity contribution in [3.63, 3.8) is 0 Å². The molecule has 2 aliphatic rings.